The van der Waals surface area contributed by atoms with Crippen LogP contribution < -0.4 is 10.6 Å². The molecule has 0 spiro atoms. The Bertz CT molecular complexity index is 416. The van der Waals surface area contributed by atoms with Crippen LogP contribution in [0.2, 0.25) is 0 Å². The Morgan fingerprint density at radius 1 is 1.50 bits per heavy atom. The van der Waals surface area contributed by atoms with Crippen LogP contribution in [0.1, 0.15) is 18.9 Å². The second-order valence-electron chi connectivity index (χ2n) is 4.23. The highest BCUT2D eigenvalue weighted by Gasteiger charge is 2.24. The van der Waals surface area contributed by atoms with E-state index in [-0.39, 0.29) is 0 Å². The Hall–Kier alpha value is -0.910. The van der Waals surface area contributed by atoms with E-state index < -0.39 is 16.0 Å². The molecule has 0 radical (unpaired) electrons. The zero-order valence-electron chi connectivity index (χ0n) is 9.18. The predicted molar refractivity (Wildman–Crippen MR) is 63.7 cm³/mol. The van der Waals surface area contributed by atoms with Crippen molar-refractivity contribution in [2.24, 2.45) is 5.73 Å². The van der Waals surface area contributed by atoms with Gasteiger partial charge in [-0.05, 0) is 42.1 Å². The van der Waals surface area contributed by atoms with Gasteiger partial charge in [0.2, 0.25) is 0 Å². The van der Waals surface area contributed by atoms with Crippen LogP contribution in [0.3, 0.4) is 0 Å². The van der Waals surface area contributed by atoms with E-state index in [2.05, 4.69) is 4.90 Å². The third kappa shape index (κ3) is 1.98. The first-order valence-corrected chi connectivity index (χ1v) is 6.33. The van der Waals surface area contributed by atoms with E-state index in [1.807, 2.05) is 18.2 Å². The molecule has 2 N–H and O–H groups in total. The van der Waals surface area contributed by atoms with E-state index in [1.54, 1.807) is 6.07 Å². The van der Waals surface area contributed by atoms with Gasteiger partial charge in [-0.2, -0.15) is 0 Å². The Morgan fingerprint density at radius 3 is 2.69 bits per heavy atom. The second-order valence-corrected chi connectivity index (χ2v) is 5.55. The first-order chi connectivity index (χ1) is 7.51. The molecule has 4 nitrogen and oxygen atoms in total. The number of anilines is 1. The Morgan fingerprint density at radius 2 is 2.19 bits per heavy atom. The minimum absolute atomic E-state index is 0.630. The van der Waals surface area contributed by atoms with Gasteiger partial charge in [-0.1, -0.05) is 12.1 Å². The average molecular weight is 239 g/mol. The SMILES string of the molecule is CC(N)(c1cccc(N2CCC2)c1)S(=O)[O-]. The van der Waals surface area contributed by atoms with Gasteiger partial charge >= 0.3 is 0 Å². The van der Waals surface area contributed by atoms with Crippen molar-refractivity contribution in [1.82, 2.24) is 0 Å². The van der Waals surface area contributed by atoms with E-state index >= 15 is 0 Å². The monoisotopic (exact) mass is 239 g/mol. The van der Waals surface area contributed by atoms with Crippen LogP contribution in [0, 0.1) is 0 Å². The summed E-state index contributed by atoms with van der Waals surface area (Å²) in [6.45, 7) is 3.57. The van der Waals surface area contributed by atoms with Gasteiger partial charge in [0.1, 0.15) is 4.87 Å². The van der Waals surface area contributed by atoms with Crippen LogP contribution in [0.25, 0.3) is 0 Å². The van der Waals surface area contributed by atoms with Gasteiger partial charge in [-0.15, -0.1) is 0 Å². The fourth-order valence-corrected chi connectivity index (χ4v) is 2.00. The fourth-order valence-electron chi connectivity index (χ4n) is 1.68. The molecule has 1 aromatic rings. The van der Waals surface area contributed by atoms with Gasteiger partial charge in [-0.25, -0.2) is 0 Å². The molecule has 88 valence electrons. The molecule has 1 aliphatic rings. The molecule has 1 aromatic carbocycles. The standard InChI is InChI=1S/C11H16N2O2S/c1-11(12,16(14)15)9-4-2-5-10(8-9)13-6-3-7-13/h2,4-5,8H,3,6-7,12H2,1H3,(H,14,15)/p-1. The van der Waals surface area contributed by atoms with Crippen molar-refractivity contribution in [3.8, 4) is 0 Å². The topological polar surface area (TPSA) is 69.4 Å². The molecule has 0 saturated carbocycles. The van der Waals surface area contributed by atoms with Crippen LogP contribution in [-0.2, 0) is 16.0 Å². The molecular weight excluding hydrogens is 224 g/mol. The van der Waals surface area contributed by atoms with E-state index in [0.29, 0.717) is 5.56 Å². The maximum absolute atomic E-state index is 11.0. The number of nitrogens with zero attached hydrogens (tertiary/aromatic N) is 1. The van der Waals surface area contributed by atoms with Gasteiger partial charge in [0.05, 0.1) is 0 Å². The minimum Gasteiger partial charge on any atom is -0.771 e. The van der Waals surface area contributed by atoms with E-state index in [9.17, 15) is 8.76 Å². The van der Waals surface area contributed by atoms with Crippen molar-refractivity contribution in [2.45, 2.75) is 18.2 Å². The number of rotatable bonds is 3. The highest BCUT2D eigenvalue weighted by Crippen LogP contribution is 2.27. The zero-order chi connectivity index (χ0) is 11.8. The van der Waals surface area contributed by atoms with Crippen molar-refractivity contribution in [1.29, 1.82) is 0 Å². The summed E-state index contributed by atoms with van der Waals surface area (Å²) in [5.41, 5.74) is 7.46. The third-order valence-corrected chi connectivity index (χ3v) is 3.91. The lowest BCUT2D eigenvalue weighted by molar-refractivity contribution is 0.493. The summed E-state index contributed by atoms with van der Waals surface area (Å²) < 4.78 is 22.1. The Kier molecular flexibility index (Phi) is 3.01. The molecule has 2 atom stereocenters. The summed E-state index contributed by atoms with van der Waals surface area (Å²) in [6, 6.07) is 7.43. The summed E-state index contributed by atoms with van der Waals surface area (Å²) in [4.78, 5) is 0.883. The summed E-state index contributed by atoms with van der Waals surface area (Å²) in [6.07, 6.45) is 1.19. The van der Waals surface area contributed by atoms with Crippen LogP contribution in [0.15, 0.2) is 24.3 Å². The van der Waals surface area contributed by atoms with Gasteiger partial charge < -0.3 is 15.2 Å². The van der Waals surface area contributed by atoms with E-state index in [0.717, 1.165) is 18.8 Å². The van der Waals surface area contributed by atoms with E-state index in [4.69, 9.17) is 5.73 Å². The fraction of sp³-hybridized carbons (Fsp3) is 0.455. The van der Waals surface area contributed by atoms with Gasteiger partial charge in [0.25, 0.3) is 0 Å². The largest absolute Gasteiger partial charge is 0.771 e. The molecule has 2 unspecified atom stereocenters. The first kappa shape index (κ1) is 11.6. The van der Waals surface area contributed by atoms with Crippen molar-refractivity contribution in [2.75, 3.05) is 18.0 Å². The van der Waals surface area contributed by atoms with Crippen molar-refractivity contribution in [3.05, 3.63) is 29.8 Å². The van der Waals surface area contributed by atoms with Crippen LogP contribution >= 0.6 is 0 Å². The normalized spacial score (nSPS) is 21.1. The molecule has 0 amide bonds. The molecule has 1 heterocycles. The second kappa shape index (κ2) is 4.16. The van der Waals surface area contributed by atoms with Gasteiger partial charge in [0, 0.05) is 18.8 Å². The molecular formula is C11H15N2O2S-. The molecule has 1 saturated heterocycles. The molecule has 0 aromatic heterocycles. The summed E-state index contributed by atoms with van der Waals surface area (Å²) in [5, 5.41) is 0. The molecule has 0 bridgehead atoms. The lowest BCUT2D eigenvalue weighted by atomic mass is 10.1. The Balaban J connectivity index is 2.31. The van der Waals surface area contributed by atoms with Crippen LogP contribution in [0.4, 0.5) is 5.69 Å². The quantitative estimate of drug-likeness (QED) is 0.796. The highest BCUT2D eigenvalue weighted by atomic mass is 32.2. The predicted octanol–water partition coefficient (Wildman–Crippen LogP) is 0.907. The highest BCUT2D eigenvalue weighted by molar-refractivity contribution is 7.80. The summed E-state index contributed by atoms with van der Waals surface area (Å²) >= 11 is -2.32. The van der Waals surface area contributed by atoms with Gasteiger partial charge in [-0.3, -0.25) is 4.21 Å². The molecule has 2 rings (SSSR count). The summed E-state index contributed by atoms with van der Waals surface area (Å²) in [5.74, 6) is 0. The van der Waals surface area contributed by atoms with Crippen molar-refractivity contribution >= 4 is 16.8 Å². The number of nitrogens with two attached hydrogens (primary N) is 1. The average Bonchev–Trinajstić information content (AvgIpc) is 2.15. The third-order valence-electron chi connectivity index (χ3n) is 2.99. The van der Waals surface area contributed by atoms with Crippen LogP contribution in [-0.4, -0.2) is 21.9 Å². The number of hydrogen-bond acceptors (Lipinski definition) is 4. The lowest BCUT2D eigenvalue weighted by Gasteiger charge is -2.35. The van der Waals surface area contributed by atoms with Crippen molar-refractivity contribution < 1.29 is 8.76 Å². The lowest BCUT2D eigenvalue weighted by Crippen LogP contribution is -2.39. The van der Waals surface area contributed by atoms with E-state index in [1.165, 1.54) is 13.3 Å². The first-order valence-electron chi connectivity index (χ1n) is 5.25. The summed E-state index contributed by atoms with van der Waals surface area (Å²) in [7, 11) is 0. The molecule has 1 aliphatic heterocycles. The maximum atomic E-state index is 11.0. The van der Waals surface area contributed by atoms with Gasteiger partial charge in [0.15, 0.2) is 0 Å². The number of benzene rings is 1. The van der Waals surface area contributed by atoms with Crippen molar-refractivity contribution in [3.63, 3.8) is 0 Å². The zero-order valence-corrected chi connectivity index (χ0v) is 10.00. The maximum Gasteiger partial charge on any atom is 0.101 e. The smallest absolute Gasteiger partial charge is 0.101 e. The molecule has 16 heavy (non-hydrogen) atoms. The van der Waals surface area contributed by atoms with Crippen LogP contribution in [0.5, 0.6) is 0 Å². The minimum atomic E-state index is -2.32. The molecule has 5 heteroatoms. The Labute approximate surface area is 97.7 Å². The molecule has 1 fully saturated rings. The molecule has 0 aliphatic carbocycles. The number of hydrogen-bond donors (Lipinski definition) is 1.